The van der Waals surface area contributed by atoms with Crippen LogP contribution in [0.3, 0.4) is 0 Å². The van der Waals surface area contributed by atoms with Crippen molar-refractivity contribution in [2.45, 2.75) is 26.0 Å². The number of aryl methyl sites for hydroxylation is 2. The molecule has 2 aromatic heterocycles. The lowest BCUT2D eigenvalue weighted by Gasteiger charge is -2.11. The maximum Gasteiger partial charge on any atom is 0.127 e. The molecule has 0 fully saturated rings. The predicted octanol–water partition coefficient (Wildman–Crippen LogP) is 1.65. The monoisotopic (exact) mass is 285 g/mol. The topological polar surface area (TPSA) is 81.9 Å². The third-order valence-electron chi connectivity index (χ3n) is 3.80. The number of nitrogen functional groups attached to an aromatic ring is 1. The van der Waals surface area contributed by atoms with Crippen LogP contribution < -0.4 is 5.73 Å². The van der Waals surface area contributed by atoms with Crippen LogP contribution in [0.2, 0.25) is 0 Å². The molecule has 0 aliphatic carbocycles. The largest absolute Gasteiger partial charge is 0.388 e. The fourth-order valence-corrected chi connectivity index (χ4v) is 2.64. The highest BCUT2D eigenvalue weighted by atomic mass is 16.3. The maximum atomic E-state index is 10.4. The van der Waals surface area contributed by atoms with Gasteiger partial charge in [-0.1, -0.05) is 12.1 Å². The van der Waals surface area contributed by atoms with Crippen LogP contribution in [-0.2, 0) is 20.0 Å². The van der Waals surface area contributed by atoms with Crippen LogP contribution in [0.4, 0.5) is 5.82 Å². The van der Waals surface area contributed by atoms with Gasteiger partial charge in [-0.05, 0) is 19.1 Å². The average molecular weight is 285 g/mol. The van der Waals surface area contributed by atoms with Gasteiger partial charge in [-0.25, -0.2) is 4.98 Å². The zero-order chi connectivity index (χ0) is 15.0. The molecule has 0 saturated carbocycles. The molecule has 0 aliphatic rings. The second-order valence-electron chi connectivity index (χ2n) is 5.09. The molecule has 6 heteroatoms. The van der Waals surface area contributed by atoms with Gasteiger partial charge in [0.1, 0.15) is 11.6 Å². The summed E-state index contributed by atoms with van der Waals surface area (Å²) in [6, 6.07) is 7.99. The van der Waals surface area contributed by atoms with Crippen molar-refractivity contribution in [2.24, 2.45) is 7.05 Å². The predicted molar refractivity (Wildman–Crippen MR) is 81.7 cm³/mol. The fourth-order valence-electron chi connectivity index (χ4n) is 2.64. The molecule has 0 spiro atoms. The summed E-state index contributed by atoms with van der Waals surface area (Å²) in [6.45, 7) is 2.88. The van der Waals surface area contributed by atoms with E-state index >= 15 is 0 Å². The van der Waals surface area contributed by atoms with Gasteiger partial charge >= 0.3 is 0 Å². The Morgan fingerprint density at radius 3 is 2.76 bits per heavy atom. The van der Waals surface area contributed by atoms with Crippen LogP contribution in [0.25, 0.3) is 11.0 Å². The molecule has 1 atom stereocenters. The number of hydrogen-bond donors (Lipinski definition) is 2. The van der Waals surface area contributed by atoms with E-state index in [1.807, 2.05) is 24.3 Å². The van der Waals surface area contributed by atoms with E-state index in [1.165, 1.54) is 0 Å². The molecule has 21 heavy (non-hydrogen) atoms. The Labute approximate surface area is 122 Å². The lowest BCUT2D eigenvalue weighted by Crippen LogP contribution is -2.10. The molecule has 6 nitrogen and oxygen atoms in total. The Hall–Kier alpha value is -2.34. The molecule has 1 aromatic carbocycles. The number of hydrogen-bond acceptors (Lipinski definition) is 4. The van der Waals surface area contributed by atoms with Crippen LogP contribution in [0.1, 0.15) is 24.4 Å². The molecule has 1 unspecified atom stereocenters. The van der Waals surface area contributed by atoms with E-state index in [0.29, 0.717) is 17.8 Å². The van der Waals surface area contributed by atoms with E-state index in [2.05, 4.69) is 21.6 Å². The van der Waals surface area contributed by atoms with Gasteiger partial charge in [0.05, 0.1) is 23.3 Å². The minimum Gasteiger partial charge on any atom is -0.388 e. The van der Waals surface area contributed by atoms with E-state index in [4.69, 9.17) is 5.73 Å². The zero-order valence-corrected chi connectivity index (χ0v) is 12.2. The summed E-state index contributed by atoms with van der Waals surface area (Å²) >= 11 is 0. The Morgan fingerprint density at radius 2 is 2.10 bits per heavy atom. The number of para-hydroxylation sites is 2. The number of aliphatic hydroxyl groups is 1. The van der Waals surface area contributed by atoms with Gasteiger partial charge in [0.2, 0.25) is 0 Å². The quantitative estimate of drug-likeness (QED) is 0.763. The minimum absolute atomic E-state index is 0.415. The molecule has 0 amide bonds. The summed E-state index contributed by atoms with van der Waals surface area (Å²) in [7, 11) is 1.76. The molecule has 3 rings (SSSR count). The van der Waals surface area contributed by atoms with Gasteiger partial charge < -0.3 is 15.4 Å². The first-order valence-electron chi connectivity index (χ1n) is 7.01. The van der Waals surface area contributed by atoms with E-state index in [1.54, 1.807) is 17.9 Å². The molecule has 0 radical (unpaired) electrons. The fraction of sp³-hybridized carbons (Fsp3) is 0.333. The third kappa shape index (κ3) is 2.27. The van der Waals surface area contributed by atoms with Crippen molar-refractivity contribution in [3.8, 4) is 0 Å². The van der Waals surface area contributed by atoms with Crippen LogP contribution in [0, 0.1) is 0 Å². The van der Waals surface area contributed by atoms with Crippen molar-refractivity contribution >= 4 is 16.9 Å². The number of rotatable bonds is 4. The van der Waals surface area contributed by atoms with E-state index in [0.717, 1.165) is 23.4 Å². The van der Waals surface area contributed by atoms with E-state index in [-0.39, 0.29) is 0 Å². The minimum atomic E-state index is -0.708. The Morgan fingerprint density at radius 1 is 1.33 bits per heavy atom. The average Bonchev–Trinajstić information content (AvgIpc) is 2.99. The SMILES string of the molecule is CCn1c(CC(O)c2cnn(C)c2N)nc2ccccc21. The first-order valence-corrected chi connectivity index (χ1v) is 7.01. The van der Waals surface area contributed by atoms with Gasteiger partial charge in [-0.3, -0.25) is 4.68 Å². The van der Waals surface area contributed by atoms with Gasteiger partial charge in [-0.15, -0.1) is 0 Å². The first kappa shape index (κ1) is 13.6. The highest BCUT2D eigenvalue weighted by molar-refractivity contribution is 5.75. The van der Waals surface area contributed by atoms with Crippen LogP contribution in [-0.4, -0.2) is 24.4 Å². The van der Waals surface area contributed by atoms with Crippen molar-refractivity contribution in [1.82, 2.24) is 19.3 Å². The molecular formula is C15H19N5O. The van der Waals surface area contributed by atoms with Crippen molar-refractivity contribution in [1.29, 1.82) is 0 Å². The lowest BCUT2D eigenvalue weighted by atomic mass is 10.1. The smallest absolute Gasteiger partial charge is 0.127 e. The normalized spacial score (nSPS) is 12.9. The maximum absolute atomic E-state index is 10.4. The number of benzene rings is 1. The molecule has 0 saturated heterocycles. The molecule has 2 heterocycles. The summed E-state index contributed by atoms with van der Waals surface area (Å²) in [5.41, 5.74) is 8.59. The van der Waals surface area contributed by atoms with Crippen molar-refractivity contribution in [3.05, 3.63) is 41.9 Å². The Kier molecular flexibility index (Phi) is 3.39. The second-order valence-corrected chi connectivity index (χ2v) is 5.09. The standard InChI is InChI=1S/C15H19N5O/c1-3-20-12-7-5-4-6-11(12)18-14(20)8-13(21)10-9-17-19(2)15(10)16/h4-7,9,13,21H,3,8,16H2,1-2H3. The summed E-state index contributed by atoms with van der Waals surface area (Å²) < 4.78 is 3.67. The summed E-state index contributed by atoms with van der Waals surface area (Å²) in [5.74, 6) is 1.34. The van der Waals surface area contributed by atoms with Crippen molar-refractivity contribution < 1.29 is 5.11 Å². The second kappa shape index (κ2) is 5.21. The van der Waals surface area contributed by atoms with Crippen LogP contribution in [0.5, 0.6) is 0 Å². The number of nitrogens with zero attached hydrogens (tertiary/aromatic N) is 4. The van der Waals surface area contributed by atoms with Crippen LogP contribution in [0.15, 0.2) is 30.5 Å². The highest BCUT2D eigenvalue weighted by Crippen LogP contribution is 2.25. The van der Waals surface area contributed by atoms with E-state index < -0.39 is 6.10 Å². The summed E-state index contributed by atoms with van der Waals surface area (Å²) in [6.07, 6.45) is 1.32. The number of nitrogens with two attached hydrogens (primary N) is 1. The Balaban J connectivity index is 1.96. The highest BCUT2D eigenvalue weighted by Gasteiger charge is 2.19. The number of fused-ring (bicyclic) bond motifs is 1. The zero-order valence-electron chi connectivity index (χ0n) is 12.2. The lowest BCUT2D eigenvalue weighted by molar-refractivity contribution is 0.175. The molecule has 0 bridgehead atoms. The Bertz CT molecular complexity index is 774. The van der Waals surface area contributed by atoms with E-state index in [9.17, 15) is 5.11 Å². The van der Waals surface area contributed by atoms with Crippen molar-refractivity contribution in [3.63, 3.8) is 0 Å². The van der Waals surface area contributed by atoms with Gasteiger partial charge in [-0.2, -0.15) is 5.10 Å². The third-order valence-corrected chi connectivity index (χ3v) is 3.80. The van der Waals surface area contributed by atoms with Crippen molar-refractivity contribution in [2.75, 3.05) is 5.73 Å². The van der Waals surface area contributed by atoms with Gasteiger partial charge in [0, 0.05) is 25.6 Å². The van der Waals surface area contributed by atoms with Crippen LogP contribution >= 0.6 is 0 Å². The van der Waals surface area contributed by atoms with Gasteiger partial charge in [0.25, 0.3) is 0 Å². The summed E-state index contributed by atoms with van der Waals surface area (Å²) in [4.78, 5) is 4.62. The first-order chi connectivity index (χ1) is 10.1. The molecule has 3 N–H and O–H groups in total. The molecule has 3 aromatic rings. The summed E-state index contributed by atoms with van der Waals surface area (Å²) in [5, 5.41) is 14.5. The molecule has 0 aliphatic heterocycles. The number of aromatic nitrogens is 4. The number of anilines is 1. The number of aliphatic hydroxyl groups excluding tert-OH is 1. The molecular weight excluding hydrogens is 266 g/mol. The van der Waals surface area contributed by atoms with Gasteiger partial charge in [0.15, 0.2) is 0 Å². The molecule has 110 valence electrons. The number of imidazole rings is 1.